The Labute approximate surface area is 335 Å². The fourth-order valence-electron chi connectivity index (χ4n) is 6.44. The van der Waals surface area contributed by atoms with E-state index in [0.29, 0.717) is 19.4 Å². The van der Waals surface area contributed by atoms with Gasteiger partial charge in [0.15, 0.2) is 6.10 Å². The van der Waals surface area contributed by atoms with Crippen LogP contribution in [0, 0.1) is 0 Å². The highest BCUT2D eigenvalue weighted by molar-refractivity contribution is 5.70. The first-order chi connectivity index (χ1) is 26.6. The van der Waals surface area contributed by atoms with Gasteiger partial charge in [-0.05, 0) is 57.8 Å². The fourth-order valence-corrected chi connectivity index (χ4v) is 6.44. The van der Waals surface area contributed by atoms with E-state index in [4.69, 9.17) is 14.2 Å². The summed E-state index contributed by atoms with van der Waals surface area (Å²) in [5, 5.41) is 0. The van der Waals surface area contributed by atoms with Crippen LogP contribution in [0.4, 0.5) is 0 Å². The predicted octanol–water partition coefficient (Wildman–Crippen LogP) is 15.2. The third-order valence-electron chi connectivity index (χ3n) is 9.88. The Balaban J connectivity index is 4.23. The first-order valence-corrected chi connectivity index (χ1v) is 23.2. The summed E-state index contributed by atoms with van der Waals surface area (Å²) in [6.45, 7) is 7.69. The van der Waals surface area contributed by atoms with Crippen LogP contribution in [0.2, 0.25) is 0 Å². The molecule has 0 amide bonds. The molecule has 0 aliphatic heterocycles. The molecule has 0 bridgehead atoms. The van der Waals surface area contributed by atoms with Crippen molar-refractivity contribution in [1.29, 1.82) is 0 Å². The van der Waals surface area contributed by atoms with Crippen LogP contribution in [-0.2, 0) is 23.8 Å². The highest BCUT2D eigenvalue weighted by Crippen LogP contribution is 2.14. The van der Waals surface area contributed by atoms with Gasteiger partial charge in [-0.3, -0.25) is 9.59 Å². The van der Waals surface area contributed by atoms with Gasteiger partial charge >= 0.3 is 11.9 Å². The van der Waals surface area contributed by atoms with Gasteiger partial charge in [-0.1, -0.05) is 204 Å². The van der Waals surface area contributed by atoms with Crippen LogP contribution < -0.4 is 0 Å². The monoisotopic (exact) mass is 757 g/mol. The molecule has 0 aromatic carbocycles. The van der Waals surface area contributed by atoms with Crippen molar-refractivity contribution in [2.75, 3.05) is 19.8 Å². The van der Waals surface area contributed by atoms with Crippen LogP contribution in [0.1, 0.15) is 226 Å². The molecule has 54 heavy (non-hydrogen) atoms. The van der Waals surface area contributed by atoms with Gasteiger partial charge in [0.25, 0.3) is 0 Å². The minimum Gasteiger partial charge on any atom is -0.462 e. The largest absolute Gasteiger partial charge is 0.462 e. The quantitative estimate of drug-likeness (QED) is 0.0353. The molecule has 0 N–H and O–H groups in total. The zero-order valence-corrected chi connectivity index (χ0v) is 36.0. The molecule has 0 saturated carbocycles. The van der Waals surface area contributed by atoms with Crippen LogP contribution in [0.5, 0.6) is 0 Å². The second-order valence-electron chi connectivity index (χ2n) is 15.3. The molecule has 0 aliphatic carbocycles. The average molecular weight is 757 g/mol. The summed E-state index contributed by atoms with van der Waals surface area (Å²) in [5.41, 5.74) is 0. The van der Waals surface area contributed by atoms with Crippen LogP contribution in [0.3, 0.4) is 0 Å². The lowest BCUT2D eigenvalue weighted by Crippen LogP contribution is -2.30. The molecule has 0 heterocycles. The highest BCUT2D eigenvalue weighted by atomic mass is 16.6. The third-order valence-corrected chi connectivity index (χ3v) is 9.88. The number of allylic oxidation sites excluding steroid dienone is 8. The van der Waals surface area contributed by atoms with E-state index in [1.165, 1.54) is 109 Å². The van der Waals surface area contributed by atoms with E-state index < -0.39 is 6.10 Å². The van der Waals surface area contributed by atoms with E-state index in [9.17, 15) is 9.59 Å². The summed E-state index contributed by atoms with van der Waals surface area (Å²) in [4.78, 5) is 25.2. The first kappa shape index (κ1) is 51.9. The number of ether oxygens (including phenoxy) is 3. The molecule has 0 radical (unpaired) electrons. The number of carbonyl (C=O) groups is 2. The van der Waals surface area contributed by atoms with Crippen molar-refractivity contribution in [3.05, 3.63) is 48.6 Å². The van der Waals surface area contributed by atoms with Crippen LogP contribution in [-0.4, -0.2) is 37.9 Å². The van der Waals surface area contributed by atoms with Gasteiger partial charge in [0.2, 0.25) is 0 Å². The number of hydrogen-bond acceptors (Lipinski definition) is 5. The summed E-state index contributed by atoms with van der Waals surface area (Å²) in [5.74, 6) is -0.420. The maximum Gasteiger partial charge on any atom is 0.306 e. The normalized spacial score (nSPS) is 12.6. The number of carbonyl (C=O) groups excluding carboxylic acids is 2. The molecule has 5 nitrogen and oxygen atoms in total. The molecule has 314 valence electrons. The number of hydrogen-bond donors (Lipinski definition) is 0. The van der Waals surface area contributed by atoms with E-state index in [1.54, 1.807) is 0 Å². The minimum absolute atomic E-state index is 0.0760. The van der Waals surface area contributed by atoms with Crippen molar-refractivity contribution in [3.63, 3.8) is 0 Å². The van der Waals surface area contributed by atoms with Crippen LogP contribution in [0.25, 0.3) is 0 Å². The Morgan fingerprint density at radius 1 is 0.426 bits per heavy atom. The Kier molecular flexibility index (Phi) is 43.5. The Morgan fingerprint density at radius 3 is 1.33 bits per heavy atom. The Morgan fingerprint density at radius 2 is 0.833 bits per heavy atom. The van der Waals surface area contributed by atoms with Gasteiger partial charge in [-0.2, -0.15) is 0 Å². The van der Waals surface area contributed by atoms with E-state index in [0.717, 1.165) is 83.5 Å². The molecule has 1 unspecified atom stereocenters. The number of unbranched alkanes of at least 4 members (excludes halogenated alkanes) is 23. The van der Waals surface area contributed by atoms with E-state index in [2.05, 4.69) is 69.4 Å². The van der Waals surface area contributed by atoms with Crippen molar-refractivity contribution in [3.8, 4) is 0 Å². The molecule has 1 atom stereocenters. The highest BCUT2D eigenvalue weighted by Gasteiger charge is 2.17. The van der Waals surface area contributed by atoms with Gasteiger partial charge in [0.05, 0.1) is 6.61 Å². The molecule has 0 aliphatic rings. The molecule has 0 aromatic rings. The summed E-state index contributed by atoms with van der Waals surface area (Å²) in [7, 11) is 0. The van der Waals surface area contributed by atoms with Crippen LogP contribution in [0.15, 0.2) is 48.6 Å². The average Bonchev–Trinajstić information content (AvgIpc) is 3.17. The van der Waals surface area contributed by atoms with Gasteiger partial charge in [-0.15, -0.1) is 0 Å². The van der Waals surface area contributed by atoms with Crippen molar-refractivity contribution in [2.24, 2.45) is 0 Å². The summed E-state index contributed by atoms with van der Waals surface area (Å²) in [6, 6.07) is 0. The summed E-state index contributed by atoms with van der Waals surface area (Å²) < 4.78 is 17.3. The van der Waals surface area contributed by atoms with Crippen molar-refractivity contribution < 1.29 is 23.8 Å². The van der Waals surface area contributed by atoms with Gasteiger partial charge in [0, 0.05) is 19.4 Å². The third kappa shape index (κ3) is 42.6. The van der Waals surface area contributed by atoms with E-state index in [1.807, 2.05) is 0 Å². The fraction of sp³-hybridized carbons (Fsp3) is 0.796. The zero-order valence-electron chi connectivity index (χ0n) is 36.0. The SMILES string of the molecule is CC/C=C\C/C=C\C/C=C\C/C=C\CCCCCCC(=O)OCC(COCCCCCCCCCCCCCC)OC(=O)CCCCCCCCCCC. The molecule has 5 heteroatoms. The van der Waals surface area contributed by atoms with Crippen molar-refractivity contribution in [2.45, 2.75) is 232 Å². The molecule has 0 fully saturated rings. The Bertz CT molecular complexity index is 904. The predicted molar refractivity (Wildman–Crippen MR) is 233 cm³/mol. The minimum atomic E-state index is -0.539. The number of esters is 2. The molecular weight excluding hydrogens is 669 g/mol. The molecule has 0 saturated heterocycles. The zero-order chi connectivity index (χ0) is 39.3. The van der Waals surface area contributed by atoms with Crippen molar-refractivity contribution in [1.82, 2.24) is 0 Å². The Hall–Kier alpha value is -2.14. The topological polar surface area (TPSA) is 61.8 Å². The second-order valence-corrected chi connectivity index (χ2v) is 15.3. The molecule has 0 rings (SSSR count). The number of rotatable bonds is 42. The van der Waals surface area contributed by atoms with Crippen molar-refractivity contribution >= 4 is 11.9 Å². The van der Waals surface area contributed by atoms with E-state index >= 15 is 0 Å². The van der Waals surface area contributed by atoms with E-state index in [-0.39, 0.29) is 25.2 Å². The van der Waals surface area contributed by atoms with Crippen LogP contribution >= 0.6 is 0 Å². The standard InChI is InChI=1S/C49H88O5/c1-4-7-10-13-16-19-21-23-24-25-26-27-28-31-33-36-39-42-48(50)53-46-47(54-49(51)43-40-37-34-30-18-15-12-9-6-3)45-52-44-41-38-35-32-29-22-20-17-14-11-8-5-2/h7,10,16,19,23-24,26-27,47H,4-6,8-9,11-15,17-18,20-22,25,28-46H2,1-3H3/b10-7-,19-16-,24-23-,27-26-. The maximum absolute atomic E-state index is 12.7. The molecular formula is C49H88O5. The molecule has 0 spiro atoms. The summed E-state index contributed by atoms with van der Waals surface area (Å²) in [6.07, 6.45) is 53.9. The summed E-state index contributed by atoms with van der Waals surface area (Å²) >= 11 is 0. The lowest BCUT2D eigenvalue weighted by molar-refractivity contribution is -0.163. The van der Waals surface area contributed by atoms with Gasteiger partial charge in [0.1, 0.15) is 6.61 Å². The van der Waals surface area contributed by atoms with Gasteiger partial charge in [-0.25, -0.2) is 0 Å². The lowest BCUT2D eigenvalue weighted by atomic mass is 10.1. The van der Waals surface area contributed by atoms with Gasteiger partial charge < -0.3 is 14.2 Å². The molecule has 0 aromatic heterocycles. The lowest BCUT2D eigenvalue weighted by Gasteiger charge is -2.18. The second kappa shape index (κ2) is 45.3. The maximum atomic E-state index is 12.7. The first-order valence-electron chi connectivity index (χ1n) is 23.2. The smallest absolute Gasteiger partial charge is 0.306 e.